The summed E-state index contributed by atoms with van der Waals surface area (Å²) in [5, 5.41) is 11.8. The molecule has 0 fully saturated rings. The third kappa shape index (κ3) is 36.4. The van der Waals surface area contributed by atoms with Crippen LogP contribution in [0.5, 0.6) is 0 Å². The van der Waals surface area contributed by atoms with Crippen LogP contribution >= 0.6 is 0 Å². The molecule has 0 heterocycles. The van der Waals surface area contributed by atoms with Crippen LogP contribution in [0.1, 0.15) is 187 Å². The summed E-state index contributed by atoms with van der Waals surface area (Å²) in [7, 11) is 0. The highest BCUT2D eigenvalue weighted by atomic mass is 16.6. The largest absolute Gasteiger partial charge is 0.446 e. The van der Waals surface area contributed by atoms with E-state index in [-0.39, 0.29) is 18.8 Å². The summed E-state index contributed by atoms with van der Waals surface area (Å²) >= 11 is 0. The number of hydrogen-bond acceptors (Lipinski definition) is 3. The van der Waals surface area contributed by atoms with Gasteiger partial charge in [-0.1, -0.05) is 133 Å². The number of ether oxygens (including phenoxy) is 1. The maximum atomic E-state index is 12.2. The standard InChI is InChI=1S/C41H73NO3/c1-3-5-7-9-11-13-15-17-19-21-23-25-27-29-31-33-36-40(45-41(44)42-38-35-39-43)37-34-32-30-28-26-24-22-20-18-16-14-12-10-8-6-4-2/h11,13,17-20,40,43H,3-10,15-16,21-39H2,1-2H3,(H,42,44). The molecule has 1 atom stereocenters. The summed E-state index contributed by atoms with van der Waals surface area (Å²) in [5.41, 5.74) is 0. The SMILES string of the molecule is CCCCCC#CCC=CCCCCCCCCC(CCCCCCCCC=CCC=CCCCCC)OC(=O)NCCCO. The topological polar surface area (TPSA) is 58.6 Å². The Kier molecular flexibility index (Phi) is 36.5. The van der Waals surface area contributed by atoms with Gasteiger partial charge in [0.2, 0.25) is 0 Å². The lowest BCUT2D eigenvalue weighted by atomic mass is 10.0. The molecule has 260 valence electrons. The molecule has 0 radical (unpaired) electrons. The first-order valence-electron chi connectivity index (χ1n) is 19.2. The Balaban J connectivity index is 3.96. The van der Waals surface area contributed by atoms with Crippen LogP contribution in [0.25, 0.3) is 0 Å². The quantitative estimate of drug-likeness (QED) is 0.0443. The molecule has 2 N–H and O–H groups in total. The number of rotatable bonds is 32. The molecule has 1 unspecified atom stereocenters. The second-order valence-corrected chi connectivity index (χ2v) is 12.6. The van der Waals surface area contributed by atoms with Gasteiger partial charge >= 0.3 is 6.09 Å². The van der Waals surface area contributed by atoms with Crippen molar-refractivity contribution in [2.24, 2.45) is 0 Å². The third-order valence-corrected chi connectivity index (χ3v) is 8.17. The van der Waals surface area contributed by atoms with E-state index in [9.17, 15) is 4.79 Å². The van der Waals surface area contributed by atoms with E-state index in [1.54, 1.807) is 0 Å². The zero-order chi connectivity index (χ0) is 32.7. The van der Waals surface area contributed by atoms with Crippen LogP contribution in [0.4, 0.5) is 4.79 Å². The Bertz CT molecular complexity index is 760. The molecule has 4 heteroatoms. The van der Waals surface area contributed by atoms with Crippen molar-refractivity contribution in [1.82, 2.24) is 5.32 Å². The van der Waals surface area contributed by atoms with E-state index in [1.165, 1.54) is 116 Å². The molecule has 0 aromatic carbocycles. The number of aliphatic hydroxyl groups is 1. The predicted molar refractivity (Wildman–Crippen MR) is 197 cm³/mol. The number of unbranched alkanes of at least 4 members (excludes halogenated alkanes) is 18. The van der Waals surface area contributed by atoms with Crippen LogP contribution in [0.15, 0.2) is 36.5 Å². The van der Waals surface area contributed by atoms with Gasteiger partial charge in [-0.05, 0) is 83.5 Å². The first kappa shape index (κ1) is 43.0. The Morgan fingerprint density at radius 1 is 0.622 bits per heavy atom. The molecule has 45 heavy (non-hydrogen) atoms. The molecule has 0 bridgehead atoms. The highest BCUT2D eigenvalue weighted by Crippen LogP contribution is 2.17. The van der Waals surface area contributed by atoms with Crippen molar-refractivity contribution in [2.75, 3.05) is 13.2 Å². The van der Waals surface area contributed by atoms with E-state index in [0.717, 1.165) is 51.4 Å². The second kappa shape index (κ2) is 38.2. The van der Waals surface area contributed by atoms with E-state index in [1.807, 2.05) is 0 Å². The number of carbonyl (C=O) groups is 1. The van der Waals surface area contributed by atoms with E-state index < -0.39 is 0 Å². The smallest absolute Gasteiger partial charge is 0.407 e. The molecule has 0 spiro atoms. The summed E-state index contributed by atoms with van der Waals surface area (Å²) in [5.74, 6) is 6.53. The summed E-state index contributed by atoms with van der Waals surface area (Å²) < 4.78 is 5.78. The highest BCUT2D eigenvalue weighted by Gasteiger charge is 2.14. The predicted octanol–water partition coefficient (Wildman–Crippen LogP) is 12.3. The molecule has 4 nitrogen and oxygen atoms in total. The summed E-state index contributed by atoms with van der Waals surface area (Å²) in [4.78, 5) is 12.2. The molecule has 0 aliphatic heterocycles. The first-order chi connectivity index (χ1) is 22.2. The molecule has 0 rings (SSSR count). The number of aliphatic hydroxyl groups excluding tert-OH is 1. The maximum absolute atomic E-state index is 12.2. The van der Waals surface area contributed by atoms with Gasteiger partial charge in [0.1, 0.15) is 6.10 Å². The van der Waals surface area contributed by atoms with E-state index in [4.69, 9.17) is 9.84 Å². The zero-order valence-electron chi connectivity index (χ0n) is 29.8. The van der Waals surface area contributed by atoms with Gasteiger partial charge < -0.3 is 15.2 Å². The van der Waals surface area contributed by atoms with Crippen molar-refractivity contribution in [1.29, 1.82) is 0 Å². The van der Waals surface area contributed by atoms with Crippen molar-refractivity contribution in [3.8, 4) is 11.8 Å². The van der Waals surface area contributed by atoms with Crippen LogP contribution in [-0.4, -0.2) is 30.5 Å². The van der Waals surface area contributed by atoms with Crippen LogP contribution in [0, 0.1) is 11.8 Å². The third-order valence-electron chi connectivity index (χ3n) is 8.17. The Morgan fingerprint density at radius 2 is 1.13 bits per heavy atom. The van der Waals surface area contributed by atoms with Gasteiger partial charge in [-0.25, -0.2) is 4.79 Å². The van der Waals surface area contributed by atoms with Crippen molar-refractivity contribution in [2.45, 2.75) is 193 Å². The Labute approximate surface area is 280 Å². The molecule has 0 aliphatic carbocycles. The number of allylic oxidation sites excluding steroid dienone is 6. The van der Waals surface area contributed by atoms with Crippen LogP contribution in [0.3, 0.4) is 0 Å². The van der Waals surface area contributed by atoms with Gasteiger partial charge in [0, 0.05) is 26.0 Å². The van der Waals surface area contributed by atoms with E-state index in [0.29, 0.717) is 13.0 Å². The first-order valence-corrected chi connectivity index (χ1v) is 19.2. The van der Waals surface area contributed by atoms with Gasteiger partial charge in [0.25, 0.3) is 0 Å². The zero-order valence-corrected chi connectivity index (χ0v) is 29.8. The van der Waals surface area contributed by atoms with Crippen LogP contribution in [0.2, 0.25) is 0 Å². The number of alkyl carbamates (subject to hydrolysis) is 1. The molecule has 1 amide bonds. The Hall–Kier alpha value is -1.99. The normalized spacial score (nSPS) is 12.2. The minimum atomic E-state index is -0.330. The van der Waals surface area contributed by atoms with Gasteiger partial charge in [-0.3, -0.25) is 0 Å². The molecule has 0 saturated carbocycles. The average molecular weight is 628 g/mol. The lowest BCUT2D eigenvalue weighted by Crippen LogP contribution is -2.30. The minimum Gasteiger partial charge on any atom is -0.446 e. The van der Waals surface area contributed by atoms with E-state index in [2.05, 4.69) is 67.5 Å². The number of nitrogens with one attached hydrogen (secondary N) is 1. The van der Waals surface area contributed by atoms with Crippen LogP contribution in [-0.2, 0) is 4.74 Å². The lowest BCUT2D eigenvalue weighted by Gasteiger charge is -2.18. The molecule has 0 aromatic rings. The van der Waals surface area contributed by atoms with Crippen LogP contribution < -0.4 is 5.32 Å². The number of carbonyl (C=O) groups excluding carboxylic acids is 1. The van der Waals surface area contributed by atoms with Gasteiger partial charge in [0.15, 0.2) is 0 Å². The van der Waals surface area contributed by atoms with Crippen molar-refractivity contribution in [3.05, 3.63) is 36.5 Å². The molecular formula is C41H73NO3. The van der Waals surface area contributed by atoms with E-state index >= 15 is 0 Å². The fourth-order valence-electron chi connectivity index (χ4n) is 5.31. The summed E-state index contributed by atoms with van der Waals surface area (Å²) in [6.07, 6.45) is 45.2. The number of amides is 1. The van der Waals surface area contributed by atoms with Gasteiger partial charge in [0.05, 0.1) is 0 Å². The Morgan fingerprint density at radius 3 is 1.71 bits per heavy atom. The number of hydrogen-bond donors (Lipinski definition) is 2. The maximum Gasteiger partial charge on any atom is 0.407 e. The highest BCUT2D eigenvalue weighted by molar-refractivity contribution is 5.67. The minimum absolute atomic E-state index is 0.00448. The van der Waals surface area contributed by atoms with Crippen molar-refractivity contribution >= 4 is 6.09 Å². The molecule has 0 aromatic heterocycles. The van der Waals surface area contributed by atoms with Gasteiger partial charge in [-0.2, -0.15) is 0 Å². The fourth-order valence-corrected chi connectivity index (χ4v) is 5.31. The van der Waals surface area contributed by atoms with Gasteiger partial charge in [-0.15, -0.1) is 5.92 Å². The summed E-state index contributed by atoms with van der Waals surface area (Å²) in [6, 6.07) is 0. The summed E-state index contributed by atoms with van der Waals surface area (Å²) in [6.45, 7) is 5.03. The van der Waals surface area contributed by atoms with Crippen molar-refractivity contribution in [3.63, 3.8) is 0 Å². The lowest BCUT2D eigenvalue weighted by molar-refractivity contribution is 0.0838. The molecule has 0 saturated heterocycles. The monoisotopic (exact) mass is 628 g/mol. The second-order valence-electron chi connectivity index (χ2n) is 12.6. The van der Waals surface area contributed by atoms with Crippen molar-refractivity contribution < 1.29 is 14.6 Å². The average Bonchev–Trinajstić information content (AvgIpc) is 3.04. The fraction of sp³-hybridized carbons (Fsp3) is 0.780. The molecule has 0 aliphatic rings. The molecular weight excluding hydrogens is 554 g/mol.